The SMILES string of the molecule is Cc1nn(-c2nc3ccccc3nc2N)c(C)c1Br. The van der Waals surface area contributed by atoms with Crippen molar-refractivity contribution in [2.45, 2.75) is 13.8 Å². The molecule has 2 heterocycles. The molecule has 0 aliphatic heterocycles. The number of hydrogen-bond donors (Lipinski definition) is 1. The number of nitrogens with two attached hydrogens (primary N) is 1. The summed E-state index contributed by atoms with van der Waals surface area (Å²) in [5.74, 6) is 0.932. The number of halogens is 1. The number of hydrogen-bond acceptors (Lipinski definition) is 4. The van der Waals surface area contributed by atoms with Crippen LogP contribution >= 0.6 is 15.9 Å². The molecule has 0 fully saturated rings. The van der Waals surface area contributed by atoms with Gasteiger partial charge in [0.1, 0.15) is 0 Å². The van der Waals surface area contributed by atoms with Crippen LogP contribution in [0.5, 0.6) is 0 Å². The molecule has 0 aliphatic carbocycles. The Labute approximate surface area is 118 Å². The summed E-state index contributed by atoms with van der Waals surface area (Å²) in [6.07, 6.45) is 0. The van der Waals surface area contributed by atoms with Crippen LogP contribution in [-0.2, 0) is 0 Å². The maximum atomic E-state index is 6.00. The van der Waals surface area contributed by atoms with Crippen molar-refractivity contribution >= 4 is 32.8 Å². The van der Waals surface area contributed by atoms with Crippen LogP contribution in [0.2, 0.25) is 0 Å². The number of aryl methyl sites for hydroxylation is 1. The third kappa shape index (κ3) is 1.88. The van der Waals surface area contributed by atoms with Gasteiger partial charge in [0, 0.05) is 0 Å². The van der Waals surface area contributed by atoms with Crippen molar-refractivity contribution in [3.8, 4) is 5.82 Å². The average molecular weight is 318 g/mol. The standard InChI is InChI=1S/C13H12BrN5/c1-7-11(14)8(2)19(18-7)13-12(15)16-9-5-3-4-6-10(9)17-13/h3-6H,1-2H3,(H2,15,16). The number of aromatic nitrogens is 4. The molecule has 1 aromatic carbocycles. The molecule has 96 valence electrons. The summed E-state index contributed by atoms with van der Waals surface area (Å²) in [5, 5.41) is 4.43. The predicted octanol–water partition coefficient (Wildman–Crippen LogP) is 2.78. The average Bonchev–Trinajstić information content (AvgIpc) is 2.66. The normalized spacial score (nSPS) is 11.1. The van der Waals surface area contributed by atoms with Crippen molar-refractivity contribution in [1.82, 2.24) is 19.7 Å². The van der Waals surface area contributed by atoms with Crippen molar-refractivity contribution in [2.24, 2.45) is 0 Å². The fourth-order valence-corrected chi connectivity index (χ4v) is 2.24. The fourth-order valence-electron chi connectivity index (χ4n) is 1.99. The molecule has 19 heavy (non-hydrogen) atoms. The van der Waals surface area contributed by atoms with E-state index in [0.29, 0.717) is 11.6 Å². The Morgan fingerprint density at radius 3 is 2.32 bits per heavy atom. The van der Waals surface area contributed by atoms with Crippen LogP contribution in [0.1, 0.15) is 11.4 Å². The molecular formula is C13H12BrN5. The van der Waals surface area contributed by atoms with Crippen LogP contribution in [0.15, 0.2) is 28.7 Å². The van der Waals surface area contributed by atoms with Crippen molar-refractivity contribution in [1.29, 1.82) is 0 Å². The van der Waals surface area contributed by atoms with Crippen molar-refractivity contribution < 1.29 is 0 Å². The van der Waals surface area contributed by atoms with Gasteiger partial charge in [-0.3, -0.25) is 0 Å². The minimum Gasteiger partial charge on any atom is -0.381 e. The predicted molar refractivity (Wildman–Crippen MR) is 78.2 cm³/mol. The molecule has 0 bridgehead atoms. The highest BCUT2D eigenvalue weighted by atomic mass is 79.9. The maximum Gasteiger partial charge on any atom is 0.197 e. The summed E-state index contributed by atoms with van der Waals surface area (Å²) in [5.41, 5.74) is 9.43. The van der Waals surface area contributed by atoms with Gasteiger partial charge < -0.3 is 5.73 Å². The third-order valence-corrected chi connectivity index (χ3v) is 4.13. The number of nitrogens with zero attached hydrogens (tertiary/aromatic N) is 4. The molecule has 3 rings (SSSR count). The van der Waals surface area contributed by atoms with Gasteiger partial charge in [0.05, 0.1) is 26.9 Å². The van der Waals surface area contributed by atoms with E-state index in [1.807, 2.05) is 38.1 Å². The highest BCUT2D eigenvalue weighted by Crippen LogP contribution is 2.25. The van der Waals surface area contributed by atoms with Crippen LogP contribution in [0.25, 0.3) is 16.9 Å². The Balaban J connectivity index is 2.30. The van der Waals surface area contributed by atoms with Crippen LogP contribution in [0.3, 0.4) is 0 Å². The lowest BCUT2D eigenvalue weighted by Crippen LogP contribution is -2.08. The van der Waals surface area contributed by atoms with Gasteiger partial charge in [0.2, 0.25) is 0 Å². The lowest BCUT2D eigenvalue weighted by Gasteiger charge is -2.07. The second kappa shape index (κ2) is 4.31. The number of fused-ring (bicyclic) bond motifs is 1. The van der Waals surface area contributed by atoms with Gasteiger partial charge in [-0.1, -0.05) is 12.1 Å². The Kier molecular flexibility index (Phi) is 2.74. The Hall–Kier alpha value is -1.95. The fraction of sp³-hybridized carbons (Fsp3) is 0.154. The van der Waals surface area contributed by atoms with E-state index in [1.54, 1.807) is 4.68 Å². The van der Waals surface area contributed by atoms with E-state index in [9.17, 15) is 0 Å². The molecule has 0 unspecified atom stereocenters. The number of para-hydroxylation sites is 2. The number of nitrogen functional groups attached to an aromatic ring is 1. The van der Waals surface area contributed by atoms with Crippen molar-refractivity contribution in [3.63, 3.8) is 0 Å². The van der Waals surface area contributed by atoms with Crippen molar-refractivity contribution in [3.05, 3.63) is 40.1 Å². The smallest absolute Gasteiger partial charge is 0.197 e. The van der Waals surface area contributed by atoms with Crippen molar-refractivity contribution in [2.75, 3.05) is 5.73 Å². The van der Waals surface area contributed by atoms with E-state index >= 15 is 0 Å². The third-order valence-electron chi connectivity index (χ3n) is 2.98. The monoisotopic (exact) mass is 317 g/mol. The quantitative estimate of drug-likeness (QED) is 0.749. The summed E-state index contributed by atoms with van der Waals surface area (Å²) in [4.78, 5) is 8.92. The molecule has 2 N–H and O–H groups in total. The molecule has 0 spiro atoms. The second-order valence-electron chi connectivity index (χ2n) is 4.32. The zero-order valence-corrected chi connectivity index (χ0v) is 12.1. The van der Waals surface area contributed by atoms with Gasteiger partial charge in [-0.25, -0.2) is 14.6 Å². The molecule has 0 atom stereocenters. The van der Waals surface area contributed by atoms with Gasteiger partial charge in [0.25, 0.3) is 0 Å². The second-order valence-corrected chi connectivity index (χ2v) is 5.11. The summed E-state index contributed by atoms with van der Waals surface area (Å²) in [6.45, 7) is 3.89. The maximum absolute atomic E-state index is 6.00. The Morgan fingerprint density at radius 1 is 1.11 bits per heavy atom. The highest BCUT2D eigenvalue weighted by Gasteiger charge is 2.15. The summed E-state index contributed by atoms with van der Waals surface area (Å²) < 4.78 is 2.68. The van der Waals surface area contributed by atoms with E-state index in [1.165, 1.54) is 0 Å². The highest BCUT2D eigenvalue weighted by molar-refractivity contribution is 9.10. The summed E-state index contributed by atoms with van der Waals surface area (Å²) in [7, 11) is 0. The molecule has 0 amide bonds. The minimum absolute atomic E-state index is 0.372. The van der Waals surface area contributed by atoms with Crippen LogP contribution in [0, 0.1) is 13.8 Å². The first-order valence-corrected chi connectivity index (χ1v) is 6.61. The molecule has 2 aromatic heterocycles. The molecule has 3 aromatic rings. The van der Waals surface area contributed by atoms with Crippen LogP contribution < -0.4 is 5.73 Å². The summed E-state index contributed by atoms with van der Waals surface area (Å²) in [6, 6.07) is 7.63. The molecule has 0 aliphatic rings. The first kappa shape index (κ1) is 12.1. The van der Waals surface area contributed by atoms with E-state index < -0.39 is 0 Å². The van der Waals surface area contributed by atoms with Gasteiger partial charge in [-0.05, 0) is 41.9 Å². The van der Waals surface area contributed by atoms with Crippen LogP contribution in [0.4, 0.5) is 5.82 Å². The zero-order valence-electron chi connectivity index (χ0n) is 10.6. The van der Waals surface area contributed by atoms with Gasteiger partial charge in [-0.15, -0.1) is 0 Å². The molecule has 0 radical (unpaired) electrons. The molecule has 0 saturated heterocycles. The zero-order chi connectivity index (χ0) is 13.6. The molecule has 0 saturated carbocycles. The largest absolute Gasteiger partial charge is 0.381 e. The number of rotatable bonds is 1. The first-order valence-electron chi connectivity index (χ1n) is 5.82. The lowest BCUT2D eigenvalue weighted by atomic mass is 10.3. The molecule has 6 heteroatoms. The van der Waals surface area contributed by atoms with E-state index in [0.717, 1.165) is 26.9 Å². The Morgan fingerprint density at radius 2 is 1.74 bits per heavy atom. The van der Waals surface area contributed by atoms with Gasteiger partial charge >= 0.3 is 0 Å². The summed E-state index contributed by atoms with van der Waals surface area (Å²) >= 11 is 3.50. The minimum atomic E-state index is 0.372. The number of anilines is 1. The molecular weight excluding hydrogens is 306 g/mol. The van der Waals surface area contributed by atoms with E-state index in [-0.39, 0.29) is 0 Å². The topological polar surface area (TPSA) is 69.6 Å². The Bertz CT molecular complexity index is 778. The molecule has 5 nitrogen and oxygen atoms in total. The van der Waals surface area contributed by atoms with Gasteiger partial charge in [0.15, 0.2) is 11.6 Å². The van der Waals surface area contributed by atoms with Crippen LogP contribution in [-0.4, -0.2) is 19.7 Å². The number of benzene rings is 1. The first-order chi connectivity index (χ1) is 9.08. The van der Waals surface area contributed by atoms with E-state index in [4.69, 9.17) is 5.73 Å². The lowest BCUT2D eigenvalue weighted by molar-refractivity contribution is 0.808. The van der Waals surface area contributed by atoms with E-state index in [2.05, 4.69) is 31.0 Å². The van der Waals surface area contributed by atoms with Gasteiger partial charge in [-0.2, -0.15) is 5.10 Å².